The van der Waals surface area contributed by atoms with Crippen molar-refractivity contribution in [3.05, 3.63) is 35.9 Å². The van der Waals surface area contributed by atoms with E-state index in [1.807, 2.05) is 30.3 Å². The maximum absolute atomic E-state index is 11.7. The normalized spacial score (nSPS) is 19.2. The van der Waals surface area contributed by atoms with E-state index in [0.717, 1.165) is 30.5 Å². The molecule has 1 fully saturated rings. The van der Waals surface area contributed by atoms with Crippen LogP contribution >= 0.6 is 0 Å². The molecule has 3 N–H and O–H groups in total. The van der Waals surface area contributed by atoms with E-state index in [1.54, 1.807) is 0 Å². The molecule has 1 aliphatic heterocycles. The third-order valence-electron chi connectivity index (χ3n) is 3.64. The molecule has 0 aliphatic carbocycles. The minimum atomic E-state index is -0.426. The van der Waals surface area contributed by atoms with Crippen LogP contribution in [0.25, 0.3) is 10.9 Å². The molecule has 1 saturated heterocycles. The Bertz CT molecular complexity index is 655. The molecule has 0 bridgehead atoms. The molecular weight excluding hydrogens is 252 g/mol. The van der Waals surface area contributed by atoms with E-state index in [4.69, 9.17) is 5.73 Å². The van der Waals surface area contributed by atoms with Gasteiger partial charge in [-0.05, 0) is 19.1 Å². The Labute approximate surface area is 117 Å². The number of nitrogens with zero attached hydrogens (tertiary/aromatic N) is 2. The molecule has 2 heterocycles. The molecule has 0 radical (unpaired) electrons. The molecule has 1 aromatic heterocycles. The highest BCUT2D eigenvalue weighted by Gasteiger charge is 2.22. The van der Waals surface area contributed by atoms with Gasteiger partial charge < -0.3 is 16.0 Å². The summed E-state index contributed by atoms with van der Waals surface area (Å²) in [6.07, 6.45) is 0. The van der Waals surface area contributed by atoms with Crippen LogP contribution in [0.2, 0.25) is 0 Å². The molecule has 2 aromatic rings. The lowest BCUT2D eigenvalue weighted by atomic mass is 10.1. The first-order valence-electron chi connectivity index (χ1n) is 6.83. The smallest absolute Gasteiger partial charge is 0.252 e. The van der Waals surface area contributed by atoms with Crippen LogP contribution in [0.1, 0.15) is 17.3 Å². The summed E-state index contributed by atoms with van der Waals surface area (Å²) in [5.74, 6) is 0.272. The van der Waals surface area contributed by atoms with E-state index in [0.29, 0.717) is 17.4 Å². The van der Waals surface area contributed by atoms with Crippen molar-refractivity contribution in [2.75, 3.05) is 24.5 Å². The van der Waals surface area contributed by atoms with Crippen molar-refractivity contribution in [1.29, 1.82) is 0 Å². The SMILES string of the molecule is CC1CN(c2nc3ccccc3cc2C(N)=O)CCN1. The quantitative estimate of drug-likeness (QED) is 0.858. The number of aromatic nitrogens is 1. The molecule has 0 spiro atoms. The molecule has 1 atom stereocenters. The second kappa shape index (κ2) is 5.09. The lowest BCUT2D eigenvalue weighted by Crippen LogP contribution is -2.50. The predicted octanol–water partition coefficient (Wildman–Crippen LogP) is 1.13. The van der Waals surface area contributed by atoms with Crippen LogP contribution in [-0.4, -0.2) is 36.6 Å². The summed E-state index contributed by atoms with van der Waals surface area (Å²) >= 11 is 0. The Morgan fingerprint density at radius 2 is 2.25 bits per heavy atom. The lowest BCUT2D eigenvalue weighted by molar-refractivity contribution is 0.100. The highest BCUT2D eigenvalue weighted by molar-refractivity contribution is 6.01. The number of para-hydroxylation sites is 1. The number of carbonyl (C=O) groups excluding carboxylic acids is 1. The van der Waals surface area contributed by atoms with Crippen LogP contribution in [0.4, 0.5) is 5.82 Å². The molecular formula is C15H18N4O. The second-order valence-corrected chi connectivity index (χ2v) is 5.22. The van der Waals surface area contributed by atoms with Gasteiger partial charge in [0.25, 0.3) is 5.91 Å². The zero-order chi connectivity index (χ0) is 14.1. The van der Waals surface area contributed by atoms with Crippen molar-refractivity contribution in [3.8, 4) is 0 Å². The highest BCUT2D eigenvalue weighted by Crippen LogP contribution is 2.24. The second-order valence-electron chi connectivity index (χ2n) is 5.22. The van der Waals surface area contributed by atoms with Crippen LogP contribution in [0, 0.1) is 0 Å². The Hall–Kier alpha value is -2.14. The van der Waals surface area contributed by atoms with Gasteiger partial charge in [0, 0.05) is 31.1 Å². The van der Waals surface area contributed by atoms with Crippen molar-refractivity contribution in [1.82, 2.24) is 10.3 Å². The number of amides is 1. The Morgan fingerprint density at radius 1 is 1.45 bits per heavy atom. The summed E-state index contributed by atoms with van der Waals surface area (Å²) < 4.78 is 0. The summed E-state index contributed by atoms with van der Waals surface area (Å²) in [6.45, 7) is 4.66. The molecule has 20 heavy (non-hydrogen) atoms. The van der Waals surface area contributed by atoms with Gasteiger partial charge in [0.05, 0.1) is 11.1 Å². The summed E-state index contributed by atoms with van der Waals surface area (Å²) in [5, 5.41) is 4.32. The number of benzene rings is 1. The van der Waals surface area contributed by atoms with Gasteiger partial charge in [-0.2, -0.15) is 0 Å². The maximum Gasteiger partial charge on any atom is 0.252 e. The molecule has 1 aromatic carbocycles. The summed E-state index contributed by atoms with van der Waals surface area (Å²) in [4.78, 5) is 18.5. The molecule has 3 rings (SSSR count). The minimum absolute atomic E-state index is 0.373. The van der Waals surface area contributed by atoms with Crippen LogP contribution in [0.15, 0.2) is 30.3 Å². The van der Waals surface area contributed by atoms with Gasteiger partial charge in [0.15, 0.2) is 0 Å². The van der Waals surface area contributed by atoms with Crippen molar-refractivity contribution in [3.63, 3.8) is 0 Å². The summed E-state index contributed by atoms with van der Waals surface area (Å²) in [7, 11) is 0. The average molecular weight is 270 g/mol. The fraction of sp³-hybridized carbons (Fsp3) is 0.333. The number of carbonyl (C=O) groups is 1. The number of anilines is 1. The molecule has 1 aliphatic rings. The molecule has 5 nitrogen and oxygen atoms in total. The highest BCUT2D eigenvalue weighted by atomic mass is 16.1. The number of hydrogen-bond donors (Lipinski definition) is 2. The van der Waals surface area contributed by atoms with E-state index in [9.17, 15) is 4.79 Å². The molecule has 1 unspecified atom stereocenters. The Morgan fingerprint density at radius 3 is 3.00 bits per heavy atom. The van der Waals surface area contributed by atoms with Gasteiger partial charge >= 0.3 is 0 Å². The Kier molecular flexibility index (Phi) is 3.28. The summed E-state index contributed by atoms with van der Waals surface area (Å²) in [6, 6.07) is 9.99. The van der Waals surface area contributed by atoms with Gasteiger partial charge in [-0.1, -0.05) is 18.2 Å². The number of hydrogen-bond acceptors (Lipinski definition) is 4. The van der Waals surface area contributed by atoms with Crippen molar-refractivity contribution in [2.24, 2.45) is 5.73 Å². The molecule has 0 saturated carbocycles. The molecule has 5 heteroatoms. The first-order valence-corrected chi connectivity index (χ1v) is 6.83. The fourth-order valence-electron chi connectivity index (χ4n) is 2.65. The Balaban J connectivity index is 2.11. The van der Waals surface area contributed by atoms with Gasteiger partial charge in [0.2, 0.25) is 0 Å². The van der Waals surface area contributed by atoms with Crippen LogP contribution in [-0.2, 0) is 0 Å². The number of pyridine rings is 1. The average Bonchev–Trinajstić information content (AvgIpc) is 2.46. The van der Waals surface area contributed by atoms with Crippen LogP contribution < -0.4 is 16.0 Å². The molecule has 1 amide bonds. The maximum atomic E-state index is 11.7. The zero-order valence-corrected chi connectivity index (χ0v) is 11.5. The number of nitrogens with two attached hydrogens (primary N) is 1. The van der Waals surface area contributed by atoms with Crippen molar-refractivity contribution >= 4 is 22.6 Å². The largest absolute Gasteiger partial charge is 0.365 e. The number of piperazine rings is 1. The first kappa shape index (κ1) is 12.9. The number of rotatable bonds is 2. The minimum Gasteiger partial charge on any atom is -0.365 e. The lowest BCUT2D eigenvalue weighted by Gasteiger charge is -2.33. The van der Waals surface area contributed by atoms with Crippen LogP contribution in [0.5, 0.6) is 0 Å². The van der Waals surface area contributed by atoms with E-state index >= 15 is 0 Å². The first-order chi connectivity index (χ1) is 9.65. The van der Waals surface area contributed by atoms with E-state index < -0.39 is 5.91 Å². The number of nitrogens with one attached hydrogen (secondary N) is 1. The monoisotopic (exact) mass is 270 g/mol. The van der Waals surface area contributed by atoms with Crippen molar-refractivity contribution < 1.29 is 4.79 Å². The topological polar surface area (TPSA) is 71.2 Å². The third kappa shape index (κ3) is 2.32. The number of primary amides is 1. The summed E-state index contributed by atoms with van der Waals surface area (Å²) in [5.41, 5.74) is 6.91. The number of fused-ring (bicyclic) bond motifs is 1. The van der Waals surface area contributed by atoms with Gasteiger partial charge in [-0.25, -0.2) is 4.98 Å². The van der Waals surface area contributed by atoms with E-state index in [2.05, 4.69) is 22.1 Å². The van der Waals surface area contributed by atoms with Gasteiger partial charge in [-0.3, -0.25) is 4.79 Å². The molecule has 104 valence electrons. The fourth-order valence-corrected chi connectivity index (χ4v) is 2.65. The zero-order valence-electron chi connectivity index (χ0n) is 11.5. The van der Waals surface area contributed by atoms with E-state index in [1.165, 1.54) is 0 Å². The van der Waals surface area contributed by atoms with E-state index in [-0.39, 0.29) is 0 Å². The third-order valence-corrected chi connectivity index (χ3v) is 3.64. The van der Waals surface area contributed by atoms with Crippen molar-refractivity contribution in [2.45, 2.75) is 13.0 Å². The standard InChI is InChI=1S/C15H18N4O/c1-10-9-19(7-6-17-10)15-12(14(16)20)8-11-4-2-3-5-13(11)18-15/h2-5,8,10,17H,6-7,9H2,1H3,(H2,16,20). The van der Waals surface area contributed by atoms with Gasteiger partial charge in [0.1, 0.15) is 5.82 Å². The van der Waals surface area contributed by atoms with Crippen LogP contribution in [0.3, 0.4) is 0 Å². The van der Waals surface area contributed by atoms with Gasteiger partial charge in [-0.15, -0.1) is 0 Å². The predicted molar refractivity (Wildman–Crippen MR) is 79.9 cm³/mol.